The molecule has 0 spiro atoms. The quantitative estimate of drug-likeness (QED) is 0.202. The van der Waals surface area contributed by atoms with E-state index in [-0.39, 0.29) is 11.9 Å². The first kappa shape index (κ1) is 20.5. The number of carbonyl (C=O) groups is 1. The lowest BCUT2D eigenvalue weighted by molar-refractivity contribution is -0.126. The molecule has 0 bridgehead atoms. The second-order valence-corrected chi connectivity index (χ2v) is 9.25. The molecule has 2 aromatic heterocycles. The Morgan fingerprint density at radius 2 is 1.55 bits per heavy atom. The zero-order valence-electron chi connectivity index (χ0n) is 17.2. The Morgan fingerprint density at radius 1 is 0.939 bits per heavy atom. The van der Waals surface area contributed by atoms with Gasteiger partial charge in [-0.15, -0.1) is 11.6 Å². The van der Waals surface area contributed by atoms with E-state index in [9.17, 15) is 4.79 Å². The lowest BCUT2D eigenvalue weighted by atomic mass is 9.95. The van der Waals surface area contributed by atoms with Gasteiger partial charge in [0.05, 0.1) is 6.54 Å². The minimum absolute atomic E-state index is 0.224. The third-order valence-corrected chi connectivity index (χ3v) is 7.07. The van der Waals surface area contributed by atoms with Crippen molar-refractivity contribution in [3.63, 3.8) is 0 Å². The van der Waals surface area contributed by atoms with Crippen LogP contribution in [0, 0.1) is 4.77 Å². The Kier molecular flexibility index (Phi) is 4.79. The van der Waals surface area contributed by atoms with Crippen LogP contribution in [-0.2, 0) is 11.3 Å². The van der Waals surface area contributed by atoms with Gasteiger partial charge in [-0.25, -0.2) is 9.69 Å². The normalized spacial score (nSPS) is 18.2. The van der Waals surface area contributed by atoms with Crippen LogP contribution in [0.4, 0.5) is 0 Å². The molecule has 164 valence electrons. The van der Waals surface area contributed by atoms with Gasteiger partial charge in [0.1, 0.15) is 11.4 Å². The number of aromatic amines is 1. The highest BCUT2D eigenvalue weighted by Gasteiger charge is 2.49. The predicted molar refractivity (Wildman–Crippen MR) is 133 cm³/mol. The number of halogens is 2. The number of hydrogen-bond acceptors (Lipinski definition) is 3. The van der Waals surface area contributed by atoms with Crippen LogP contribution in [0.25, 0.3) is 21.8 Å². The number of aromatic nitrogens is 4. The summed E-state index contributed by atoms with van der Waals surface area (Å²) in [6.45, 7) is 0.422. The van der Waals surface area contributed by atoms with Crippen molar-refractivity contribution in [1.82, 2.24) is 19.4 Å². The molecule has 3 heterocycles. The van der Waals surface area contributed by atoms with E-state index in [1.165, 1.54) is 0 Å². The summed E-state index contributed by atoms with van der Waals surface area (Å²) in [6.07, 6.45) is 0. The van der Waals surface area contributed by atoms with Crippen molar-refractivity contribution in [2.75, 3.05) is 5.01 Å². The van der Waals surface area contributed by atoms with Crippen molar-refractivity contribution in [2.24, 2.45) is 0 Å². The van der Waals surface area contributed by atoms with Gasteiger partial charge in [-0.05, 0) is 42.0 Å². The van der Waals surface area contributed by atoms with Crippen LogP contribution in [0.2, 0.25) is 5.02 Å². The number of carbonyl (C=O) groups excluding carboxylic acids is 1. The maximum absolute atomic E-state index is 12.9. The van der Waals surface area contributed by atoms with Crippen molar-refractivity contribution in [3.8, 4) is 0 Å². The van der Waals surface area contributed by atoms with E-state index in [1.54, 1.807) is 21.8 Å². The maximum Gasteiger partial charge on any atom is 0.262 e. The maximum atomic E-state index is 12.9. The number of β-lactam (4-membered cyclic amide) rings is 1. The molecule has 1 N–H and O–H groups in total. The molecular formula is C24H17Cl2N5OS. The molecule has 6 nitrogen and oxygen atoms in total. The molecule has 1 aliphatic heterocycles. The Hall–Kier alpha value is -3.13. The van der Waals surface area contributed by atoms with E-state index in [2.05, 4.69) is 39.0 Å². The molecule has 1 fully saturated rings. The minimum Gasteiger partial charge on any atom is -0.333 e. The molecular weight excluding hydrogens is 477 g/mol. The second-order valence-electron chi connectivity index (χ2n) is 7.96. The molecule has 0 radical (unpaired) electrons. The molecule has 33 heavy (non-hydrogen) atoms. The van der Waals surface area contributed by atoms with Crippen LogP contribution in [0.15, 0.2) is 72.8 Å². The Morgan fingerprint density at radius 3 is 2.18 bits per heavy atom. The van der Waals surface area contributed by atoms with Crippen LogP contribution >= 0.6 is 35.4 Å². The average molecular weight is 494 g/mol. The smallest absolute Gasteiger partial charge is 0.262 e. The molecule has 0 aliphatic carbocycles. The van der Waals surface area contributed by atoms with Gasteiger partial charge in [-0.1, -0.05) is 60.1 Å². The molecule has 3 aromatic carbocycles. The number of H-pyrrole nitrogens is 1. The van der Waals surface area contributed by atoms with E-state index < -0.39 is 5.38 Å². The number of hydrogen-bond donors (Lipinski definition) is 1. The van der Waals surface area contributed by atoms with E-state index in [0.29, 0.717) is 22.2 Å². The average Bonchev–Trinajstić information content (AvgIpc) is 3.36. The summed E-state index contributed by atoms with van der Waals surface area (Å²) in [4.78, 5) is 12.9. The highest BCUT2D eigenvalue weighted by atomic mass is 35.5. The number of nitrogens with one attached hydrogen (secondary N) is 1. The van der Waals surface area contributed by atoms with Crippen molar-refractivity contribution in [3.05, 3.63) is 94.0 Å². The number of amides is 1. The fraction of sp³-hybridized carbons (Fsp3) is 0.125. The largest absolute Gasteiger partial charge is 0.333 e. The molecule has 1 aliphatic rings. The zero-order valence-corrected chi connectivity index (χ0v) is 19.5. The lowest BCUT2D eigenvalue weighted by Crippen LogP contribution is -2.62. The summed E-state index contributed by atoms with van der Waals surface area (Å²) in [5.74, 6) is 0.389. The fourth-order valence-corrected chi connectivity index (χ4v) is 5.31. The number of para-hydroxylation sites is 2. The number of rotatable bonds is 4. The summed E-state index contributed by atoms with van der Waals surface area (Å²) in [5, 5.41) is 11.2. The van der Waals surface area contributed by atoms with E-state index in [1.807, 2.05) is 36.4 Å². The number of alkyl halides is 1. The summed E-state index contributed by atoms with van der Waals surface area (Å²) in [7, 11) is 0. The van der Waals surface area contributed by atoms with Crippen LogP contribution in [0.3, 0.4) is 0 Å². The second kappa shape index (κ2) is 7.73. The Labute approximate surface area is 203 Å². The van der Waals surface area contributed by atoms with Crippen LogP contribution < -0.4 is 5.01 Å². The molecule has 2 atom stereocenters. The van der Waals surface area contributed by atoms with Gasteiger partial charge < -0.3 is 4.57 Å². The van der Waals surface area contributed by atoms with Gasteiger partial charge in [0.15, 0.2) is 5.82 Å². The van der Waals surface area contributed by atoms with E-state index in [0.717, 1.165) is 27.4 Å². The fourth-order valence-electron chi connectivity index (χ4n) is 4.60. The zero-order chi connectivity index (χ0) is 22.7. The summed E-state index contributed by atoms with van der Waals surface area (Å²) in [5.41, 5.74) is 3.04. The van der Waals surface area contributed by atoms with Crippen LogP contribution in [0.1, 0.15) is 17.4 Å². The summed E-state index contributed by atoms with van der Waals surface area (Å²) >= 11 is 18.0. The third-order valence-electron chi connectivity index (χ3n) is 6.13. The Balaban J connectivity index is 1.47. The van der Waals surface area contributed by atoms with Crippen molar-refractivity contribution >= 4 is 63.1 Å². The number of fused-ring (bicyclic) bond motifs is 3. The number of benzene rings is 3. The van der Waals surface area contributed by atoms with Crippen molar-refractivity contribution in [2.45, 2.75) is 18.0 Å². The first-order chi connectivity index (χ1) is 16.0. The summed E-state index contributed by atoms with van der Waals surface area (Å²) in [6, 6.07) is 23.4. The van der Waals surface area contributed by atoms with Crippen LogP contribution in [-0.4, -0.2) is 30.7 Å². The molecule has 9 heteroatoms. The SMILES string of the molecule is O=C1C(Cl)C(c2ccc(Cl)cc2)N1n1c(Cn2c3ccccc3c3ccccc32)n[nH]c1=S. The van der Waals surface area contributed by atoms with Gasteiger partial charge in [0, 0.05) is 26.8 Å². The monoisotopic (exact) mass is 493 g/mol. The van der Waals surface area contributed by atoms with Gasteiger partial charge in [0.2, 0.25) is 4.77 Å². The standard InChI is InChI=1S/C24H17Cl2N5OS/c25-15-11-9-14(10-12-15)22-21(26)23(32)31(22)30-20(27-28-24(30)33)13-29-18-7-3-1-5-16(18)17-6-2-4-8-19(17)29/h1-12,21-22H,13H2,(H,28,33). The summed E-state index contributed by atoms with van der Waals surface area (Å²) < 4.78 is 4.19. The molecule has 0 saturated carbocycles. The highest BCUT2D eigenvalue weighted by Crippen LogP contribution is 2.38. The van der Waals surface area contributed by atoms with E-state index >= 15 is 0 Å². The van der Waals surface area contributed by atoms with Crippen molar-refractivity contribution in [1.29, 1.82) is 0 Å². The van der Waals surface area contributed by atoms with Crippen LogP contribution in [0.5, 0.6) is 0 Å². The molecule has 2 unspecified atom stereocenters. The molecule has 6 rings (SSSR count). The highest BCUT2D eigenvalue weighted by molar-refractivity contribution is 7.71. The molecule has 1 saturated heterocycles. The topological polar surface area (TPSA) is 58.9 Å². The van der Waals surface area contributed by atoms with Gasteiger partial charge in [-0.3, -0.25) is 9.89 Å². The first-order valence-electron chi connectivity index (χ1n) is 10.4. The Bertz CT molecular complexity index is 1530. The third kappa shape index (κ3) is 3.11. The lowest BCUT2D eigenvalue weighted by Gasteiger charge is -2.44. The number of nitrogens with zero attached hydrogens (tertiary/aromatic N) is 4. The van der Waals surface area contributed by atoms with E-state index in [4.69, 9.17) is 35.4 Å². The van der Waals surface area contributed by atoms with Gasteiger partial charge in [0.25, 0.3) is 5.91 Å². The van der Waals surface area contributed by atoms with Gasteiger partial charge in [-0.2, -0.15) is 5.10 Å². The first-order valence-corrected chi connectivity index (χ1v) is 11.6. The predicted octanol–water partition coefficient (Wildman–Crippen LogP) is 5.58. The molecule has 5 aromatic rings. The van der Waals surface area contributed by atoms with Crippen molar-refractivity contribution < 1.29 is 4.79 Å². The molecule has 1 amide bonds. The minimum atomic E-state index is -0.691. The van der Waals surface area contributed by atoms with Gasteiger partial charge >= 0.3 is 0 Å².